The molecule has 0 spiro atoms. The van der Waals surface area contributed by atoms with Gasteiger partial charge in [-0.05, 0) is 210 Å². The van der Waals surface area contributed by atoms with Crippen LogP contribution in [0.4, 0.5) is 51.2 Å². The zero-order valence-electron chi connectivity index (χ0n) is 52.8. The minimum atomic E-state index is 1.07. The molecule has 0 atom stereocenters. The largest absolute Gasteiger partial charge is 0.310 e. The molecule has 0 bridgehead atoms. The van der Waals surface area contributed by atoms with Crippen molar-refractivity contribution >= 4 is 120 Å². The summed E-state index contributed by atoms with van der Waals surface area (Å²) < 4.78 is 0. The smallest absolute Gasteiger partial charge is 0.0468 e. The summed E-state index contributed by atoms with van der Waals surface area (Å²) >= 11 is 0. The molecule has 0 aliphatic rings. The SMILES string of the molecule is Cc1ccc(/C=C/c2ccc(N(c3ccccc3)c3ccc4c(c3)c3ccc(N(c5ccccc5)c5ccc(/C=C/c6ccc(C)cc6)cc5)cc3c3ccc(N(c5ccccc5)c5ccc(/C=C/c6ccc(C)cc6)cc5)cc43)cc2)cc1.Cc1ccc(C)cc1. The van der Waals surface area contributed by atoms with Crippen molar-refractivity contribution in [2.24, 2.45) is 0 Å². The lowest BCUT2D eigenvalue weighted by molar-refractivity contribution is 1.28. The molecule has 0 saturated heterocycles. The van der Waals surface area contributed by atoms with E-state index in [2.05, 4.69) is 401 Å². The zero-order chi connectivity index (χ0) is 62.8. The molecule has 0 fully saturated rings. The normalized spacial score (nSPS) is 11.4. The fraction of sp³-hybridized carbons (Fsp3) is 0.0562. The van der Waals surface area contributed by atoms with Crippen LogP contribution < -0.4 is 14.7 Å². The number of aryl methyl sites for hydroxylation is 5. The molecule has 0 aliphatic heterocycles. The molecule has 0 radical (unpaired) electrons. The molecule has 0 unspecified atom stereocenters. The maximum atomic E-state index is 2.40. The van der Waals surface area contributed by atoms with Crippen LogP contribution >= 0.6 is 0 Å². The third-order valence-corrected chi connectivity index (χ3v) is 17.0. The Balaban J connectivity index is 0.000000899. The summed E-state index contributed by atoms with van der Waals surface area (Å²) in [6.07, 6.45) is 13.1. The predicted octanol–water partition coefficient (Wildman–Crippen LogP) is 25.3. The van der Waals surface area contributed by atoms with Crippen LogP contribution in [0.5, 0.6) is 0 Å². The Hall–Kier alpha value is -11.5. The fourth-order valence-corrected chi connectivity index (χ4v) is 11.9. The van der Waals surface area contributed by atoms with Crippen LogP contribution in [0.1, 0.15) is 61.2 Å². The number of hydrogen-bond donors (Lipinski definition) is 0. The van der Waals surface area contributed by atoms with Gasteiger partial charge in [-0.1, -0.05) is 271 Å². The van der Waals surface area contributed by atoms with E-state index in [9.17, 15) is 0 Å². The highest BCUT2D eigenvalue weighted by Gasteiger charge is 2.21. The highest BCUT2D eigenvalue weighted by molar-refractivity contribution is 6.27. The molecular weight excluding hydrogens is 1110 g/mol. The minimum absolute atomic E-state index is 1.07. The Morgan fingerprint density at radius 1 is 0.163 bits per heavy atom. The molecule has 0 saturated carbocycles. The van der Waals surface area contributed by atoms with Gasteiger partial charge < -0.3 is 14.7 Å². The fourth-order valence-electron chi connectivity index (χ4n) is 11.9. The molecule has 0 N–H and O–H groups in total. The monoisotopic (exact) mass is 1180 g/mol. The van der Waals surface area contributed by atoms with Crippen molar-refractivity contribution in [3.05, 3.63) is 377 Å². The number of rotatable bonds is 15. The summed E-state index contributed by atoms with van der Waals surface area (Å²) in [7, 11) is 0. The van der Waals surface area contributed by atoms with E-state index in [0.29, 0.717) is 0 Å². The van der Waals surface area contributed by atoms with E-state index in [1.807, 2.05) is 0 Å². The highest BCUT2D eigenvalue weighted by Crippen LogP contribution is 2.46. The Morgan fingerprint density at radius 3 is 0.554 bits per heavy atom. The van der Waals surface area contributed by atoms with E-state index < -0.39 is 0 Å². The van der Waals surface area contributed by atoms with Gasteiger partial charge in [0.15, 0.2) is 0 Å². The van der Waals surface area contributed by atoms with Gasteiger partial charge in [0.2, 0.25) is 0 Å². The topological polar surface area (TPSA) is 9.72 Å². The second-order valence-corrected chi connectivity index (χ2v) is 23.9. The first-order chi connectivity index (χ1) is 45.1. The van der Waals surface area contributed by atoms with Gasteiger partial charge in [-0.15, -0.1) is 0 Å². The van der Waals surface area contributed by atoms with Crippen molar-refractivity contribution in [3.63, 3.8) is 0 Å². The molecule has 14 rings (SSSR count). The third kappa shape index (κ3) is 13.8. The molecule has 0 amide bonds. The lowest BCUT2D eigenvalue weighted by Gasteiger charge is -2.28. The van der Waals surface area contributed by atoms with Gasteiger partial charge in [0.25, 0.3) is 0 Å². The second-order valence-electron chi connectivity index (χ2n) is 23.9. The standard InChI is InChI=1S/C81H63N3.C8H10/c1-58-19-25-61(26-20-58)31-34-64-37-43-70(44-38-64)82(67-13-7-4-8-14-67)73-49-52-76-79(55-73)77-53-50-74(83(68-15-9-5-10-16-68)71-45-39-65(40-46-71)35-32-62-27-21-59(2)22-28-62)57-81(77)78-54-51-75(56-80(76)78)84(69-17-11-6-12-18-69)72-47-41-66(42-48-72)36-33-63-29-23-60(3)24-30-63;1-7-3-5-8(2)6-4-7/h4-57H,1-3H3;3-6H,1-2H3/b34-31+,35-32+,36-33+;. The van der Waals surface area contributed by atoms with E-state index in [-0.39, 0.29) is 0 Å². The quantitative estimate of drug-likeness (QED) is 0.0748. The molecule has 14 aromatic carbocycles. The van der Waals surface area contributed by atoms with E-state index >= 15 is 0 Å². The van der Waals surface area contributed by atoms with Gasteiger partial charge in [-0.25, -0.2) is 0 Å². The van der Waals surface area contributed by atoms with Crippen molar-refractivity contribution in [1.29, 1.82) is 0 Å². The van der Waals surface area contributed by atoms with Gasteiger partial charge >= 0.3 is 0 Å². The average Bonchev–Trinajstić information content (AvgIpc) is 0.773. The Morgan fingerprint density at radius 2 is 0.337 bits per heavy atom. The van der Waals surface area contributed by atoms with Crippen LogP contribution in [0.25, 0.3) is 68.8 Å². The van der Waals surface area contributed by atoms with Crippen molar-refractivity contribution in [3.8, 4) is 0 Å². The van der Waals surface area contributed by atoms with E-state index in [1.54, 1.807) is 0 Å². The average molecular weight is 1180 g/mol. The summed E-state index contributed by atoms with van der Waals surface area (Å²) in [6.45, 7) is 10.6. The van der Waals surface area contributed by atoms with Gasteiger partial charge in [-0.2, -0.15) is 0 Å². The van der Waals surface area contributed by atoms with Gasteiger partial charge in [0.1, 0.15) is 0 Å². The second kappa shape index (κ2) is 27.5. The summed E-state index contributed by atoms with van der Waals surface area (Å²) in [5, 5.41) is 7.05. The third-order valence-electron chi connectivity index (χ3n) is 17.0. The number of anilines is 9. The number of nitrogens with zero attached hydrogens (tertiary/aromatic N) is 3. The van der Waals surface area contributed by atoms with Gasteiger partial charge in [0, 0.05) is 51.2 Å². The first kappa shape index (κ1) is 59.4. The Labute approximate surface area is 542 Å². The molecule has 3 heteroatoms. The molecule has 0 aromatic heterocycles. The molecular formula is C89H73N3. The molecule has 92 heavy (non-hydrogen) atoms. The Kier molecular flexibility index (Phi) is 17.8. The molecule has 14 aromatic rings. The Bertz CT molecular complexity index is 4360. The molecule has 3 nitrogen and oxygen atoms in total. The maximum Gasteiger partial charge on any atom is 0.0468 e. The summed E-state index contributed by atoms with van der Waals surface area (Å²) in [5.74, 6) is 0. The van der Waals surface area contributed by atoms with E-state index in [0.717, 1.165) is 67.9 Å². The summed E-state index contributed by atoms with van der Waals surface area (Å²) in [6, 6.07) is 114. The highest BCUT2D eigenvalue weighted by atomic mass is 15.2. The van der Waals surface area contributed by atoms with Crippen LogP contribution in [0.15, 0.2) is 315 Å². The number of hydrogen-bond acceptors (Lipinski definition) is 3. The number of fused-ring (bicyclic) bond motifs is 6. The van der Waals surface area contributed by atoms with Crippen molar-refractivity contribution < 1.29 is 0 Å². The lowest BCUT2D eigenvalue weighted by Crippen LogP contribution is -2.10. The van der Waals surface area contributed by atoms with E-state index in [4.69, 9.17) is 0 Å². The molecule has 0 heterocycles. The molecule has 0 aliphatic carbocycles. The number of para-hydroxylation sites is 3. The van der Waals surface area contributed by atoms with Crippen LogP contribution in [-0.4, -0.2) is 0 Å². The number of benzene rings is 14. The van der Waals surface area contributed by atoms with Crippen molar-refractivity contribution in [1.82, 2.24) is 0 Å². The van der Waals surface area contributed by atoms with Crippen molar-refractivity contribution in [2.45, 2.75) is 34.6 Å². The first-order valence-electron chi connectivity index (χ1n) is 31.7. The van der Waals surface area contributed by atoms with E-state index in [1.165, 1.54) is 76.8 Å². The summed E-state index contributed by atoms with van der Waals surface area (Å²) in [5.41, 5.74) is 23.1. The van der Waals surface area contributed by atoms with Crippen molar-refractivity contribution in [2.75, 3.05) is 14.7 Å². The van der Waals surface area contributed by atoms with Gasteiger partial charge in [0.05, 0.1) is 0 Å². The first-order valence-corrected chi connectivity index (χ1v) is 31.7. The maximum absolute atomic E-state index is 2.40. The van der Waals surface area contributed by atoms with Gasteiger partial charge in [-0.3, -0.25) is 0 Å². The van der Waals surface area contributed by atoms with Crippen LogP contribution in [0.2, 0.25) is 0 Å². The summed E-state index contributed by atoms with van der Waals surface area (Å²) in [4.78, 5) is 7.13. The lowest BCUT2D eigenvalue weighted by atomic mass is 9.92. The van der Waals surface area contributed by atoms with Crippen LogP contribution in [0.3, 0.4) is 0 Å². The minimum Gasteiger partial charge on any atom is -0.310 e. The van der Waals surface area contributed by atoms with Crippen LogP contribution in [0, 0.1) is 34.6 Å². The molecule has 444 valence electrons. The zero-order valence-corrected chi connectivity index (χ0v) is 52.8. The van der Waals surface area contributed by atoms with Crippen LogP contribution in [-0.2, 0) is 0 Å². The predicted molar refractivity (Wildman–Crippen MR) is 399 cm³/mol.